The van der Waals surface area contributed by atoms with Crippen LogP contribution in [0.3, 0.4) is 0 Å². The first kappa shape index (κ1) is 16.0. The molecule has 0 amide bonds. The smallest absolute Gasteiger partial charge is 0.0233 e. The Morgan fingerprint density at radius 3 is 2.59 bits per heavy atom. The molecule has 0 bridgehead atoms. The first-order chi connectivity index (χ1) is 10.7. The van der Waals surface area contributed by atoms with Crippen molar-refractivity contribution in [3.8, 4) is 0 Å². The van der Waals surface area contributed by atoms with E-state index in [4.69, 9.17) is 5.73 Å². The van der Waals surface area contributed by atoms with Crippen LogP contribution < -0.4 is 11.1 Å². The van der Waals surface area contributed by atoms with Gasteiger partial charge in [0.25, 0.3) is 0 Å². The lowest BCUT2D eigenvalue weighted by molar-refractivity contribution is 0.263. The van der Waals surface area contributed by atoms with Crippen molar-refractivity contribution in [2.75, 3.05) is 13.1 Å². The number of likely N-dealkylation sites (tertiary alicyclic amines) is 1. The zero-order valence-corrected chi connectivity index (χ0v) is 13.9. The topological polar surface area (TPSA) is 41.3 Å². The van der Waals surface area contributed by atoms with Gasteiger partial charge in [0.05, 0.1) is 0 Å². The van der Waals surface area contributed by atoms with Gasteiger partial charge in [-0.25, -0.2) is 0 Å². The maximum Gasteiger partial charge on any atom is 0.0233 e. The second-order valence-corrected chi connectivity index (χ2v) is 7.34. The Morgan fingerprint density at radius 1 is 1.14 bits per heavy atom. The lowest BCUT2D eigenvalue weighted by atomic mass is 9.90. The second kappa shape index (κ2) is 7.58. The molecule has 1 aliphatic heterocycles. The van der Waals surface area contributed by atoms with E-state index < -0.39 is 0 Å². The summed E-state index contributed by atoms with van der Waals surface area (Å²) in [5.41, 5.74) is 7.44. The minimum atomic E-state index is 0.446. The highest BCUT2D eigenvalue weighted by molar-refractivity contribution is 5.14. The summed E-state index contributed by atoms with van der Waals surface area (Å²) in [6.45, 7) is 5.95. The Kier molecular flexibility index (Phi) is 5.51. The molecule has 2 unspecified atom stereocenters. The number of benzene rings is 1. The highest BCUT2D eigenvalue weighted by atomic mass is 15.2. The van der Waals surface area contributed by atoms with Crippen LogP contribution in [0.1, 0.15) is 44.6 Å². The zero-order valence-electron chi connectivity index (χ0n) is 13.9. The molecule has 22 heavy (non-hydrogen) atoms. The third-order valence-corrected chi connectivity index (χ3v) is 5.54. The van der Waals surface area contributed by atoms with Crippen LogP contribution >= 0.6 is 0 Å². The van der Waals surface area contributed by atoms with Gasteiger partial charge in [-0.2, -0.15) is 0 Å². The van der Waals surface area contributed by atoms with Crippen LogP contribution in [0.4, 0.5) is 0 Å². The molecule has 1 saturated heterocycles. The molecule has 3 N–H and O–H groups in total. The molecule has 2 atom stereocenters. The molecule has 2 aliphatic rings. The predicted octanol–water partition coefficient (Wildman–Crippen LogP) is 2.76. The van der Waals surface area contributed by atoms with E-state index in [1.54, 1.807) is 0 Å². The quantitative estimate of drug-likeness (QED) is 0.878. The normalized spacial score (nSPS) is 31.3. The van der Waals surface area contributed by atoms with Crippen LogP contribution in [0.25, 0.3) is 0 Å². The van der Waals surface area contributed by atoms with E-state index in [0.717, 1.165) is 12.5 Å². The highest BCUT2D eigenvalue weighted by Gasteiger charge is 2.29. The standard InChI is InChI=1S/C19H31N3/c1-15(21-19-9-7-18(20)8-10-19)17-11-12-22(14-17)13-16-5-3-2-4-6-16/h2-6,15,17-19,21H,7-14,20H2,1H3. The van der Waals surface area contributed by atoms with E-state index in [0.29, 0.717) is 18.1 Å². The van der Waals surface area contributed by atoms with Crippen LogP contribution in [0.2, 0.25) is 0 Å². The largest absolute Gasteiger partial charge is 0.328 e. The Hall–Kier alpha value is -0.900. The van der Waals surface area contributed by atoms with Crippen molar-refractivity contribution in [1.82, 2.24) is 10.2 Å². The molecule has 0 aromatic heterocycles. The van der Waals surface area contributed by atoms with Gasteiger partial charge in [-0.3, -0.25) is 4.90 Å². The van der Waals surface area contributed by atoms with Gasteiger partial charge in [0.1, 0.15) is 0 Å². The second-order valence-electron chi connectivity index (χ2n) is 7.34. The molecule has 1 aliphatic carbocycles. The maximum atomic E-state index is 6.01. The van der Waals surface area contributed by atoms with E-state index in [1.165, 1.54) is 50.8 Å². The Bertz CT molecular complexity index is 439. The van der Waals surface area contributed by atoms with E-state index in [1.807, 2.05) is 0 Å². The van der Waals surface area contributed by atoms with Crippen LogP contribution in [0, 0.1) is 5.92 Å². The van der Waals surface area contributed by atoms with Crippen LogP contribution in [-0.4, -0.2) is 36.1 Å². The summed E-state index contributed by atoms with van der Waals surface area (Å²) >= 11 is 0. The van der Waals surface area contributed by atoms with Crippen molar-refractivity contribution in [3.63, 3.8) is 0 Å². The SMILES string of the molecule is CC(NC1CCC(N)CC1)C1CCN(Cc2ccccc2)C1. The third-order valence-electron chi connectivity index (χ3n) is 5.54. The summed E-state index contributed by atoms with van der Waals surface area (Å²) in [5.74, 6) is 0.791. The summed E-state index contributed by atoms with van der Waals surface area (Å²) in [6.07, 6.45) is 6.22. The number of nitrogens with one attached hydrogen (secondary N) is 1. The van der Waals surface area contributed by atoms with Crippen molar-refractivity contribution in [3.05, 3.63) is 35.9 Å². The Balaban J connectivity index is 1.43. The molecule has 0 spiro atoms. The number of hydrogen-bond acceptors (Lipinski definition) is 3. The van der Waals surface area contributed by atoms with Gasteiger partial charge in [-0.1, -0.05) is 30.3 Å². The Labute approximate surface area is 135 Å². The molecule has 3 heteroatoms. The van der Waals surface area contributed by atoms with E-state index in [-0.39, 0.29) is 0 Å². The fourth-order valence-corrected chi connectivity index (χ4v) is 4.05. The summed E-state index contributed by atoms with van der Waals surface area (Å²) < 4.78 is 0. The molecule has 1 aromatic rings. The van der Waals surface area contributed by atoms with Crippen LogP contribution in [0.5, 0.6) is 0 Å². The summed E-state index contributed by atoms with van der Waals surface area (Å²) in [5, 5.41) is 3.88. The molecular weight excluding hydrogens is 270 g/mol. The van der Waals surface area contributed by atoms with Crippen molar-refractivity contribution in [2.45, 2.75) is 63.7 Å². The number of nitrogens with zero attached hydrogens (tertiary/aromatic N) is 1. The zero-order chi connectivity index (χ0) is 15.4. The highest BCUT2D eigenvalue weighted by Crippen LogP contribution is 2.24. The fraction of sp³-hybridized carbons (Fsp3) is 0.684. The summed E-state index contributed by atoms with van der Waals surface area (Å²) in [4.78, 5) is 2.61. The lowest BCUT2D eigenvalue weighted by Crippen LogP contribution is -2.45. The minimum Gasteiger partial charge on any atom is -0.328 e. The van der Waals surface area contributed by atoms with Crippen LogP contribution in [0.15, 0.2) is 30.3 Å². The van der Waals surface area contributed by atoms with Crippen LogP contribution in [-0.2, 0) is 6.54 Å². The summed E-state index contributed by atoms with van der Waals surface area (Å²) in [7, 11) is 0. The van der Waals surface area contributed by atoms with Crippen molar-refractivity contribution in [1.29, 1.82) is 0 Å². The number of hydrogen-bond donors (Lipinski definition) is 2. The van der Waals surface area contributed by atoms with Gasteiger partial charge in [-0.15, -0.1) is 0 Å². The number of nitrogens with two attached hydrogens (primary N) is 1. The van der Waals surface area contributed by atoms with E-state index in [9.17, 15) is 0 Å². The van der Waals surface area contributed by atoms with E-state index in [2.05, 4.69) is 47.5 Å². The molecule has 2 fully saturated rings. The molecule has 3 rings (SSSR count). The van der Waals surface area contributed by atoms with Gasteiger partial charge in [-0.05, 0) is 57.1 Å². The maximum absolute atomic E-state index is 6.01. The molecule has 1 aromatic carbocycles. The van der Waals surface area contributed by atoms with Crippen molar-refractivity contribution in [2.24, 2.45) is 11.7 Å². The van der Waals surface area contributed by atoms with Crippen molar-refractivity contribution < 1.29 is 0 Å². The molecular formula is C19H31N3. The van der Waals surface area contributed by atoms with Gasteiger partial charge < -0.3 is 11.1 Å². The van der Waals surface area contributed by atoms with Crippen molar-refractivity contribution >= 4 is 0 Å². The van der Waals surface area contributed by atoms with Gasteiger partial charge in [0.2, 0.25) is 0 Å². The predicted molar refractivity (Wildman–Crippen MR) is 92.7 cm³/mol. The van der Waals surface area contributed by atoms with Gasteiger partial charge in [0, 0.05) is 31.2 Å². The molecule has 3 nitrogen and oxygen atoms in total. The Morgan fingerprint density at radius 2 is 1.86 bits per heavy atom. The molecule has 1 saturated carbocycles. The first-order valence-corrected chi connectivity index (χ1v) is 8.98. The fourth-order valence-electron chi connectivity index (χ4n) is 4.05. The average molecular weight is 301 g/mol. The molecule has 1 heterocycles. The summed E-state index contributed by atoms with van der Waals surface area (Å²) in [6, 6.07) is 12.6. The van der Waals surface area contributed by atoms with Gasteiger partial charge in [0.15, 0.2) is 0 Å². The minimum absolute atomic E-state index is 0.446. The first-order valence-electron chi connectivity index (χ1n) is 8.98. The molecule has 0 radical (unpaired) electrons. The lowest BCUT2D eigenvalue weighted by Gasteiger charge is -2.31. The third kappa shape index (κ3) is 4.31. The average Bonchev–Trinajstić information content (AvgIpc) is 2.99. The van der Waals surface area contributed by atoms with E-state index >= 15 is 0 Å². The monoisotopic (exact) mass is 301 g/mol. The number of rotatable bonds is 5. The van der Waals surface area contributed by atoms with Gasteiger partial charge >= 0.3 is 0 Å². The molecule has 122 valence electrons.